The summed E-state index contributed by atoms with van der Waals surface area (Å²) >= 11 is 5.89. The quantitative estimate of drug-likeness (QED) is 0.771. The van der Waals surface area contributed by atoms with E-state index >= 15 is 0 Å². The number of amides is 1. The molecule has 6 nitrogen and oxygen atoms in total. The first-order valence-corrected chi connectivity index (χ1v) is 8.46. The van der Waals surface area contributed by atoms with Crippen LogP contribution in [0, 0.1) is 5.82 Å². The van der Waals surface area contributed by atoms with Gasteiger partial charge < -0.3 is 5.32 Å². The van der Waals surface area contributed by atoms with Gasteiger partial charge in [-0.2, -0.15) is 13.2 Å². The summed E-state index contributed by atoms with van der Waals surface area (Å²) in [7, 11) is 0.797. The van der Waals surface area contributed by atoms with Crippen molar-refractivity contribution in [1.82, 2.24) is 14.5 Å². The lowest BCUT2D eigenvalue weighted by molar-refractivity contribution is -0.144. The second-order valence-corrected chi connectivity index (χ2v) is 6.52. The molecular formula is C17H16ClF4N3O3. The molecule has 152 valence electrons. The summed E-state index contributed by atoms with van der Waals surface area (Å²) in [6.07, 6.45) is -4.36. The van der Waals surface area contributed by atoms with Crippen LogP contribution in [0.15, 0.2) is 27.8 Å². The Labute approximate surface area is 161 Å². The van der Waals surface area contributed by atoms with Gasteiger partial charge in [-0.25, -0.2) is 13.8 Å². The largest absolute Gasteiger partial charge is 0.431 e. The molecule has 0 aliphatic carbocycles. The van der Waals surface area contributed by atoms with E-state index in [1.807, 2.05) is 6.92 Å². The molecule has 28 heavy (non-hydrogen) atoms. The minimum Gasteiger partial charge on any atom is -0.350 e. The number of alkyl halides is 3. The molecule has 0 aliphatic heterocycles. The van der Waals surface area contributed by atoms with E-state index in [1.54, 1.807) is 6.92 Å². The molecular weight excluding hydrogens is 406 g/mol. The number of halogens is 5. The summed E-state index contributed by atoms with van der Waals surface area (Å²) in [4.78, 5) is 36.8. The smallest absolute Gasteiger partial charge is 0.350 e. The van der Waals surface area contributed by atoms with E-state index in [2.05, 4.69) is 5.32 Å². The first-order valence-electron chi connectivity index (χ1n) is 8.09. The van der Waals surface area contributed by atoms with Crippen LogP contribution in [0.2, 0.25) is 5.02 Å². The molecule has 1 heterocycles. The number of rotatable bonds is 4. The van der Waals surface area contributed by atoms with Gasteiger partial charge in [0, 0.05) is 19.2 Å². The van der Waals surface area contributed by atoms with Crippen molar-refractivity contribution >= 4 is 17.5 Å². The molecule has 1 aromatic heterocycles. The lowest BCUT2D eigenvalue weighted by atomic mass is 10.1. The molecule has 2 rings (SSSR count). The predicted octanol–water partition coefficient (Wildman–Crippen LogP) is 2.88. The van der Waals surface area contributed by atoms with Crippen LogP contribution in [0.25, 0.3) is 5.69 Å². The van der Waals surface area contributed by atoms with Gasteiger partial charge in [-0.15, -0.1) is 0 Å². The molecule has 11 heteroatoms. The van der Waals surface area contributed by atoms with Gasteiger partial charge in [0.1, 0.15) is 11.5 Å². The van der Waals surface area contributed by atoms with Gasteiger partial charge in [0.25, 0.3) is 11.5 Å². The molecule has 0 fully saturated rings. The van der Waals surface area contributed by atoms with Crippen molar-refractivity contribution in [2.75, 3.05) is 0 Å². The Kier molecular flexibility index (Phi) is 6.03. The molecule has 0 spiro atoms. The van der Waals surface area contributed by atoms with E-state index < -0.39 is 40.5 Å². The number of benzene rings is 1. The molecule has 0 radical (unpaired) electrons. The summed E-state index contributed by atoms with van der Waals surface area (Å²) in [5, 5.41) is 2.31. The van der Waals surface area contributed by atoms with Crippen LogP contribution in [-0.2, 0) is 13.2 Å². The van der Waals surface area contributed by atoms with Gasteiger partial charge in [-0.05, 0) is 25.5 Å². The molecule has 2 aromatic rings. The second-order valence-electron chi connectivity index (χ2n) is 6.11. The summed E-state index contributed by atoms with van der Waals surface area (Å²) in [5.74, 6) is -1.83. The summed E-state index contributed by atoms with van der Waals surface area (Å²) < 4.78 is 53.6. The van der Waals surface area contributed by atoms with E-state index in [0.29, 0.717) is 12.5 Å². The fourth-order valence-electron chi connectivity index (χ4n) is 2.41. The summed E-state index contributed by atoms with van der Waals surface area (Å²) in [6, 6.07) is 1.50. The van der Waals surface area contributed by atoms with E-state index in [1.165, 1.54) is 0 Å². The Morgan fingerprint density at radius 1 is 1.25 bits per heavy atom. The summed E-state index contributed by atoms with van der Waals surface area (Å²) in [6.45, 7) is 3.53. The maximum atomic E-state index is 14.4. The monoisotopic (exact) mass is 421 g/mol. The minimum atomic E-state index is -4.95. The van der Waals surface area contributed by atoms with E-state index in [-0.39, 0.29) is 31.8 Å². The highest BCUT2D eigenvalue weighted by Gasteiger charge is 2.35. The van der Waals surface area contributed by atoms with Crippen molar-refractivity contribution in [3.05, 3.63) is 61.1 Å². The van der Waals surface area contributed by atoms with Crippen molar-refractivity contribution in [3.63, 3.8) is 0 Å². The van der Waals surface area contributed by atoms with Crippen LogP contribution >= 0.6 is 11.6 Å². The Morgan fingerprint density at radius 3 is 2.39 bits per heavy atom. The highest BCUT2D eigenvalue weighted by molar-refractivity contribution is 6.34. The normalized spacial score (nSPS) is 12.7. The van der Waals surface area contributed by atoms with Crippen LogP contribution in [0.5, 0.6) is 0 Å². The highest BCUT2D eigenvalue weighted by atomic mass is 35.5. The van der Waals surface area contributed by atoms with Gasteiger partial charge in [-0.1, -0.05) is 18.5 Å². The zero-order valence-corrected chi connectivity index (χ0v) is 15.8. The number of nitrogens with zero attached hydrogens (tertiary/aromatic N) is 2. The third-order valence-corrected chi connectivity index (χ3v) is 4.44. The predicted molar refractivity (Wildman–Crippen MR) is 94.5 cm³/mol. The van der Waals surface area contributed by atoms with Gasteiger partial charge >= 0.3 is 11.9 Å². The fourth-order valence-corrected chi connectivity index (χ4v) is 2.64. The first kappa shape index (κ1) is 21.7. The Hall–Kier alpha value is -2.62. The number of nitrogens with one attached hydrogen (secondary N) is 1. The van der Waals surface area contributed by atoms with Crippen LogP contribution in [0.4, 0.5) is 17.6 Å². The van der Waals surface area contributed by atoms with Crippen molar-refractivity contribution < 1.29 is 22.4 Å². The molecule has 0 saturated heterocycles. The van der Waals surface area contributed by atoms with Crippen LogP contribution < -0.4 is 16.6 Å². The maximum Gasteiger partial charge on any atom is 0.431 e. The molecule has 0 bridgehead atoms. The maximum absolute atomic E-state index is 14.4. The molecule has 1 amide bonds. The van der Waals surface area contributed by atoms with E-state index in [9.17, 15) is 31.9 Å². The van der Waals surface area contributed by atoms with Crippen LogP contribution in [0.1, 0.15) is 36.3 Å². The van der Waals surface area contributed by atoms with Crippen LogP contribution in [0.3, 0.4) is 0 Å². The zero-order chi connectivity index (χ0) is 21.4. The van der Waals surface area contributed by atoms with E-state index in [0.717, 1.165) is 13.1 Å². The number of hydrogen-bond acceptors (Lipinski definition) is 3. The van der Waals surface area contributed by atoms with Crippen molar-refractivity contribution in [3.8, 4) is 5.69 Å². The van der Waals surface area contributed by atoms with Crippen molar-refractivity contribution in [1.29, 1.82) is 0 Å². The van der Waals surface area contributed by atoms with Gasteiger partial charge in [-0.3, -0.25) is 14.2 Å². The van der Waals surface area contributed by atoms with Crippen LogP contribution in [-0.4, -0.2) is 21.1 Å². The number of aromatic nitrogens is 2. The van der Waals surface area contributed by atoms with E-state index in [4.69, 9.17) is 11.6 Å². The SMILES string of the molecule is CCC(C)NC(=O)c1cc(-n2c(=O)cc(C(F)(F)F)n(C)c2=O)c(F)cc1Cl. The van der Waals surface area contributed by atoms with Crippen molar-refractivity contribution in [2.45, 2.75) is 32.5 Å². The molecule has 0 aliphatic rings. The van der Waals surface area contributed by atoms with Gasteiger partial charge in [0.15, 0.2) is 0 Å². The lowest BCUT2D eigenvalue weighted by Crippen LogP contribution is -2.41. The highest BCUT2D eigenvalue weighted by Crippen LogP contribution is 2.27. The Balaban J connectivity index is 2.72. The average molecular weight is 422 g/mol. The number of hydrogen-bond donors (Lipinski definition) is 1. The third-order valence-electron chi connectivity index (χ3n) is 4.12. The number of carbonyl (C=O) groups excluding carboxylic acids is 1. The van der Waals surface area contributed by atoms with Gasteiger partial charge in [0.2, 0.25) is 0 Å². The molecule has 1 aromatic carbocycles. The molecule has 1 atom stereocenters. The first-order chi connectivity index (χ1) is 12.9. The summed E-state index contributed by atoms with van der Waals surface area (Å²) in [5.41, 5.74) is -5.22. The zero-order valence-electron chi connectivity index (χ0n) is 15.0. The molecule has 1 unspecified atom stereocenters. The van der Waals surface area contributed by atoms with Crippen molar-refractivity contribution in [2.24, 2.45) is 7.05 Å². The van der Waals surface area contributed by atoms with Gasteiger partial charge in [0.05, 0.1) is 16.3 Å². The Morgan fingerprint density at radius 2 is 1.86 bits per heavy atom. The number of carbonyl (C=O) groups is 1. The average Bonchev–Trinajstić information content (AvgIpc) is 2.58. The Bertz CT molecular complexity index is 1040. The molecule has 1 N–H and O–H groups in total. The third kappa shape index (κ3) is 4.11. The lowest BCUT2D eigenvalue weighted by Gasteiger charge is -2.16. The standard InChI is InChI=1S/C17H16ClF4N3O3/c1-4-8(2)23-15(27)9-5-12(11(19)6-10(9)18)25-14(26)7-13(17(20,21)22)24(3)16(25)28/h5-8H,4H2,1-3H3,(H,23,27). The second kappa shape index (κ2) is 7.78. The fraction of sp³-hybridized carbons (Fsp3) is 0.353. The topological polar surface area (TPSA) is 73.1 Å². The molecule has 0 saturated carbocycles. The minimum absolute atomic E-state index is 0.175.